The Kier molecular flexibility index (Phi) is 4.30. The van der Waals surface area contributed by atoms with Crippen molar-refractivity contribution in [3.8, 4) is 5.75 Å². The lowest BCUT2D eigenvalue weighted by molar-refractivity contribution is 0.0954. The second-order valence-corrected chi connectivity index (χ2v) is 4.53. The van der Waals surface area contributed by atoms with E-state index in [2.05, 4.69) is 20.5 Å². The van der Waals surface area contributed by atoms with Gasteiger partial charge in [0, 0.05) is 13.0 Å². The zero-order chi connectivity index (χ0) is 12.8. The van der Waals surface area contributed by atoms with E-state index in [-0.39, 0.29) is 5.91 Å². The number of thiophene rings is 1. The highest BCUT2D eigenvalue weighted by Gasteiger charge is 2.12. The molecule has 0 unspecified atom stereocenters. The third-order valence-corrected chi connectivity index (χ3v) is 3.29. The minimum Gasteiger partial charge on any atom is -0.495 e. The SMILES string of the molecule is COc1ccsc1C(=O)NCCCc1ncn[nH]1. The van der Waals surface area contributed by atoms with Gasteiger partial charge >= 0.3 is 0 Å². The summed E-state index contributed by atoms with van der Waals surface area (Å²) in [6.45, 7) is 0.598. The molecule has 0 fully saturated rings. The van der Waals surface area contributed by atoms with Crippen molar-refractivity contribution in [1.82, 2.24) is 20.5 Å². The summed E-state index contributed by atoms with van der Waals surface area (Å²) in [6.07, 6.45) is 3.06. The molecule has 18 heavy (non-hydrogen) atoms. The molecule has 2 aromatic rings. The fraction of sp³-hybridized carbons (Fsp3) is 0.364. The quantitative estimate of drug-likeness (QED) is 0.771. The first-order chi connectivity index (χ1) is 8.81. The number of methoxy groups -OCH3 is 1. The second-order valence-electron chi connectivity index (χ2n) is 3.61. The van der Waals surface area contributed by atoms with E-state index in [9.17, 15) is 4.79 Å². The third kappa shape index (κ3) is 3.07. The number of nitrogens with one attached hydrogen (secondary N) is 2. The van der Waals surface area contributed by atoms with Crippen LogP contribution in [0.1, 0.15) is 21.9 Å². The molecule has 0 aliphatic carbocycles. The van der Waals surface area contributed by atoms with Crippen molar-refractivity contribution in [2.75, 3.05) is 13.7 Å². The lowest BCUT2D eigenvalue weighted by atomic mass is 10.3. The first-order valence-corrected chi connectivity index (χ1v) is 6.43. The summed E-state index contributed by atoms with van der Waals surface area (Å²) in [5.41, 5.74) is 0. The third-order valence-electron chi connectivity index (χ3n) is 2.40. The van der Waals surface area contributed by atoms with Crippen molar-refractivity contribution >= 4 is 17.2 Å². The first kappa shape index (κ1) is 12.6. The van der Waals surface area contributed by atoms with Crippen LogP contribution in [-0.4, -0.2) is 34.7 Å². The van der Waals surface area contributed by atoms with Gasteiger partial charge in [0.1, 0.15) is 22.8 Å². The number of rotatable bonds is 6. The normalized spacial score (nSPS) is 10.3. The molecule has 2 N–H and O–H groups in total. The van der Waals surface area contributed by atoms with Crippen LogP contribution in [0.25, 0.3) is 0 Å². The lowest BCUT2D eigenvalue weighted by Gasteiger charge is -2.04. The number of carbonyl (C=O) groups is 1. The van der Waals surface area contributed by atoms with E-state index in [4.69, 9.17) is 4.74 Å². The Labute approximate surface area is 108 Å². The topological polar surface area (TPSA) is 79.9 Å². The summed E-state index contributed by atoms with van der Waals surface area (Å²) in [4.78, 5) is 16.5. The highest BCUT2D eigenvalue weighted by atomic mass is 32.1. The number of aromatic amines is 1. The molecule has 2 heterocycles. The van der Waals surface area contributed by atoms with Gasteiger partial charge in [-0.1, -0.05) is 0 Å². The van der Waals surface area contributed by atoms with Crippen LogP contribution >= 0.6 is 11.3 Å². The molecule has 1 amide bonds. The highest BCUT2D eigenvalue weighted by molar-refractivity contribution is 7.12. The van der Waals surface area contributed by atoms with Crippen LogP contribution in [-0.2, 0) is 6.42 Å². The van der Waals surface area contributed by atoms with Gasteiger partial charge in [0.05, 0.1) is 7.11 Å². The molecule has 2 rings (SSSR count). The van der Waals surface area contributed by atoms with E-state index in [0.29, 0.717) is 17.2 Å². The Bertz CT molecular complexity index is 495. The molecule has 0 atom stereocenters. The first-order valence-electron chi connectivity index (χ1n) is 5.55. The van der Waals surface area contributed by atoms with Gasteiger partial charge in [-0.3, -0.25) is 9.89 Å². The minimum atomic E-state index is -0.0978. The van der Waals surface area contributed by atoms with E-state index in [1.165, 1.54) is 17.7 Å². The van der Waals surface area contributed by atoms with Crippen molar-refractivity contribution in [2.45, 2.75) is 12.8 Å². The fourth-order valence-corrected chi connectivity index (χ4v) is 2.29. The molecule has 0 aliphatic heterocycles. The number of carbonyl (C=O) groups excluding carboxylic acids is 1. The van der Waals surface area contributed by atoms with Crippen molar-refractivity contribution in [1.29, 1.82) is 0 Å². The summed E-state index contributed by atoms with van der Waals surface area (Å²) in [5, 5.41) is 11.2. The summed E-state index contributed by atoms with van der Waals surface area (Å²) >= 11 is 1.37. The molecule has 0 saturated carbocycles. The smallest absolute Gasteiger partial charge is 0.265 e. The van der Waals surface area contributed by atoms with Gasteiger partial charge in [-0.2, -0.15) is 5.10 Å². The van der Waals surface area contributed by atoms with Gasteiger partial charge in [0.25, 0.3) is 5.91 Å². The maximum Gasteiger partial charge on any atom is 0.265 e. The van der Waals surface area contributed by atoms with E-state index in [0.717, 1.165) is 18.7 Å². The average molecular weight is 266 g/mol. The molecule has 0 aliphatic rings. The fourth-order valence-electron chi connectivity index (χ4n) is 1.51. The van der Waals surface area contributed by atoms with Gasteiger partial charge in [-0.25, -0.2) is 4.98 Å². The van der Waals surface area contributed by atoms with E-state index >= 15 is 0 Å². The van der Waals surface area contributed by atoms with Crippen LogP contribution in [0.15, 0.2) is 17.8 Å². The average Bonchev–Trinajstić information content (AvgIpc) is 3.04. The summed E-state index contributed by atoms with van der Waals surface area (Å²) in [5.74, 6) is 1.35. The van der Waals surface area contributed by atoms with E-state index in [1.54, 1.807) is 13.2 Å². The standard InChI is InChI=1S/C11H14N4O2S/c1-17-8-4-6-18-10(8)11(16)12-5-2-3-9-13-7-14-15-9/h4,6-7H,2-3,5H2,1H3,(H,12,16)(H,13,14,15). The van der Waals surface area contributed by atoms with Crippen LogP contribution in [0.5, 0.6) is 5.75 Å². The maximum absolute atomic E-state index is 11.8. The molecule has 0 spiro atoms. The Morgan fingerprint density at radius 2 is 2.50 bits per heavy atom. The minimum absolute atomic E-state index is 0.0978. The summed E-state index contributed by atoms with van der Waals surface area (Å²) in [7, 11) is 1.56. The number of aryl methyl sites for hydroxylation is 1. The number of H-pyrrole nitrogens is 1. The second kappa shape index (κ2) is 6.15. The number of hydrogen-bond donors (Lipinski definition) is 2. The molecule has 6 nitrogen and oxygen atoms in total. The number of aromatic nitrogens is 3. The van der Waals surface area contributed by atoms with Crippen LogP contribution in [0, 0.1) is 0 Å². The Morgan fingerprint density at radius 3 is 3.22 bits per heavy atom. The Hall–Kier alpha value is -1.89. The highest BCUT2D eigenvalue weighted by Crippen LogP contribution is 2.23. The lowest BCUT2D eigenvalue weighted by Crippen LogP contribution is -2.24. The van der Waals surface area contributed by atoms with Crippen LogP contribution in [0.3, 0.4) is 0 Å². The van der Waals surface area contributed by atoms with Crippen LogP contribution in [0.4, 0.5) is 0 Å². The van der Waals surface area contributed by atoms with Gasteiger partial charge < -0.3 is 10.1 Å². The van der Waals surface area contributed by atoms with Gasteiger partial charge in [-0.05, 0) is 17.9 Å². The Balaban J connectivity index is 1.75. The number of hydrogen-bond acceptors (Lipinski definition) is 5. The van der Waals surface area contributed by atoms with E-state index < -0.39 is 0 Å². The number of nitrogens with zero attached hydrogens (tertiary/aromatic N) is 2. The molecule has 96 valence electrons. The predicted octanol–water partition coefficient (Wildman–Crippen LogP) is 1.24. The van der Waals surface area contributed by atoms with Crippen molar-refractivity contribution in [2.24, 2.45) is 0 Å². The number of ether oxygens (including phenoxy) is 1. The molecule has 7 heteroatoms. The summed E-state index contributed by atoms with van der Waals surface area (Å²) < 4.78 is 5.10. The molecular formula is C11H14N4O2S. The molecule has 0 aromatic carbocycles. The summed E-state index contributed by atoms with van der Waals surface area (Å²) in [6, 6.07) is 1.79. The van der Waals surface area contributed by atoms with E-state index in [1.807, 2.05) is 5.38 Å². The maximum atomic E-state index is 11.8. The largest absolute Gasteiger partial charge is 0.495 e. The molecular weight excluding hydrogens is 252 g/mol. The molecule has 2 aromatic heterocycles. The molecule has 0 bridgehead atoms. The zero-order valence-electron chi connectivity index (χ0n) is 9.97. The van der Waals surface area contributed by atoms with Gasteiger partial charge in [0.15, 0.2) is 0 Å². The molecule has 0 radical (unpaired) electrons. The van der Waals surface area contributed by atoms with Crippen LogP contribution < -0.4 is 10.1 Å². The van der Waals surface area contributed by atoms with Crippen molar-refractivity contribution < 1.29 is 9.53 Å². The van der Waals surface area contributed by atoms with Crippen LogP contribution in [0.2, 0.25) is 0 Å². The Morgan fingerprint density at radius 1 is 1.61 bits per heavy atom. The van der Waals surface area contributed by atoms with Gasteiger partial charge in [-0.15, -0.1) is 11.3 Å². The van der Waals surface area contributed by atoms with Gasteiger partial charge in [0.2, 0.25) is 0 Å². The van der Waals surface area contributed by atoms with Crippen molar-refractivity contribution in [3.63, 3.8) is 0 Å². The van der Waals surface area contributed by atoms with Crippen molar-refractivity contribution in [3.05, 3.63) is 28.5 Å². The predicted molar refractivity (Wildman–Crippen MR) is 67.9 cm³/mol. The zero-order valence-corrected chi connectivity index (χ0v) is 10.8. The monoisotopic (exact) mass is 266 g/mol. The number of amides is 1. The molecule has 0 saturated heterocycles.